The van der Waals surface area contributed by atoms with Crippen LogP contribution in [-0.4, -0.2) is 20.7 Å². The van der Waals surface area contributed by atoms with Gasteiger partial charge in [0.1, 0.15) is 5.76 Å². The zero-order valence-electron chi connectivity index (χ0n) is 23.1. The quantitative estimate of drug-likeness (QED) is 0.0773. The minimum absolute atomic E-state index is 0. The van der Waals surface area contributed by atoms with Gasteiger partial charge in [-0.05, 0) is 84.6 Å². The van der Waals surface area contributed by atoms with Gasteiger partial charge in [0.2, 0.25) is 0 Å². The number of hydrogen-bond donors (Lipinski definition) is 1. The molecule has 0 atom stereocenters. The molecule has 0 saturated heterocycles. The van der Waals surface area contributed by atoms with Crippen molar-refractivity contribution in [1.29, 1.82) is 0 Å². The van der Waals surface area contributed by atoms with Gasteiger partial charge >= 0.3 is 5.78 Å². The van der Waals surface area contributed by atoms with E-state index in [4.69, 9.17) is 14.9 Å². The first kappa shape index (κ1) is 29.4. The third-order valence-corrected chi connectivity index (χ3v) is 7.60. The number of aliphatic hydroxyl groups excluding tert-OH is 1. The molecule has 0 spiro atoms. The summed E-state index contributed by atoms with van der Waals surface area (Å²) < 4.78 is 0. The summed E-state index contributed by atoms with van der Waals surface area (Å²) in [6.07, 6.45) is 1.94. The van der Waals surface area contributed by atoms with Crippen molar-refractivity contribution in [3.05, 3.63) is 86.8 Å². The maximum Gasteiger partial charge on any atom is 0.319 e. The van der Waals surface area contributed by atoms with Crippen LogP contribution in [0.1, 0.15) is 59.7 Å². The van der Waals surface area contributed by atoms with E-state index in [1.165, 1.54) is 74.3 Å². The van der Waals surface area contributed by atoms with E-state index in [9.17, 15) is 0 Å². The van der Waals surface area contributed by atoms with Crippen molar-refractivity contribution in [2.45, 2.75) is 69.2 Å². The fourth-order valence-corrected chi connectivity index (χ4v) is 4.41. The van der Waals surface area contributed by atoms with Gasteiger partial charge in [0.25, 0.3) is 0 Å². The van der Waals surface area contributed by atoms with E-state index in [-0.39, 0.29) is 31.6 Å². The predicted molar refractivity (Wildman–Crippen MR) is 150 cm³/mol. The molecular formula is C32H37IrNO2. The standard InChI is InChI=1S/C26H26N.C6H10O2.Ir/c1-14-12-24(20(7)18(5)16(14)3)26-23-9-8-21-19(6)17(4)15(2)13-25(21)22(23)10-11-27-26;1-4(5(2)7)6(3)8;/h8-11,13H,1-7H3;7H,1-3H3;/q-1;;/p+1. The van der Waals surface area contributed by atoms with Crippen LogP contribution in [0.15, 0.2) is 41.8 Å². The molecule has 191 valence electrons. The third-order valence-electron chi connectivity index (χ3n) is 7.60. The largest absolute Gasteiger partial charge is 0.512 e. The summed E-state index contributed by atoms with van der Waals surface area (Å²) in [6, 6.07) is 12.6. The van der Waals surface area contributed by atoms with E-state index in [0.29, 0.717) is 5.57 Å². The molecule has 3 aromatic carbocycles. The molecule has 4 heteroatoms. The zero-order chi connectivity index (χ0) is 26.2. The number of aromatic nitrogens is 1. The Balaban J connectivity index is 0.000000442. The Labute approximate surface area is 229 Å². The minimum atomic E-state index is 0. The van der Waals surface area contributed by atoms with Gasteiger partial charge in [-0.25, -0.2) is 0 Å². The summed E-state index contributed by atoms with van der Waals surface area (Å²) >= 11 is 0. The normalized spacial score (nSPS) is 11.5. The summed E-state index contributed by atoms with van der Waals surface area (Å²) in [4.78, 5) is 13.5. The van der Waals surface area contributed by atoms with E-state index in [2.05, 4.69) is 78.8 Å². The van der Waals surface area contributed by atoms with Crippen LogP contribution in [0.5, 0.6) is 0 Å². The van der Waals surface area contributed by atoms with Crippen molar-refractivity contribution in [3.8, 4) is 11.3 Å². The number of fused-ring (bicyclic) bond motifs is 3. The third kappa shape index (κ3) is 5.45. The van der Waals surface area contributed by atoms with Gasteiger partial charge in [0, 0.05) is 26.3 Å². The number of aliphatic hydroxyl groups is 1. The number of nitrogens with zero attached hydrogens (tertiary/aromatic N) is 1. The molecule has 36 heavy (non-hydrogen) atoms. The molecular weight excluding hydrogens is 623 g/mol. The van der Waals surface area contributed by atoms with Gasteiger partial charge in [-0.3, -0.25) is 4.79 Å². The van der Waals surface area contributed by atoms with Gasteiger partial charge in [0.05, 0.1) is 12.5 Å². The monoisotopic (exact) mass is 660 g/mol. The van der Waals surface area contributed by atoms with Gasteiger partial charge in [-0.15, -0.1) is 33.9 Å². The summed E-state index contributed by atoms with van der Waals surface area (Å²) in [5.41, 5.74) is 11.9. The van der Waals surface area contributed by atoms with E-state index in [1.807, 2.05) is 6.20 Å². The second-order valence-electron chi connectivity index (χ2n) is 9.65. The second kappa shape index (κ2) is 11.5. The second-order valence-corrected chi connectivity index (χ2v) is 9.65. The maximum atomic E-state index is 8.69. The fraction of sp³-hybridized carbons (Fsp3) is 0.312. The SMILES string of the molecule is CC(=[OH+])C(C)=C(C)O.Cc1[c-]c(-c2nccc3c2ccc2c(C)c(C)c(C)cc23)c(C)c(C)c1C.[Ir]. The molecule has 1 aromatic heterocycles. The first-order chi connectivity index (χ1) is 16.4. The number of benzene rings is 3. The first-order valence-electron chi connectivity index (χ1n) is 12.0. The van der Waals surface area contributed by atoms with Gasteiger partial charge < -0.3 is 10.1 Å². The zero-order valence-corrected chi connectivity index (χ0v) is 25.5. The van der Waals surface area contributed by atoms with E-state index in [1.54, 1.807) is 6.92 Å². The molecule has 4 rings (SSSR count). The number of carbonyl (C=O) groups excluding carboxylic acids is 1. The number of ketones is 1. The minimum Gasteiger partial charge on any atom is -0.512 e. The summed E-state index contributed by atoms with van der Waals surface area (Å²) in [5.74, 6) is 0.343. The molecule has 3 nitrogen and oxygen atoms in total. The molecule has 2 N–H and O–H groups in total. The van der Waals surface area contributed by atoms with Gasteiger partial charge in [0.15, 0.2) is 0 Å². The van der Waals surface area contributed by atoms with Gasteiger partial charge in [-0.2, -0.15) is 0 Å². The maximum absolute atomic E-state index is 8.69. The van der Waals surface area contributed by atoms with E-state index in [0.717, 1.165) is 11.3 Å². The molecule has 0 amide bonds. The van der Waals surface area contributed by atoms with Crippen LogP contribution in [0.4, 0.5) is 0 Å². The Morgan fingerprint density at radius 1 is 0.750 bits per heavy atom. The molecule has 1 radical (unpaired) electrons. The molecule has 0 aliphatic carbocycles. The average Bonchev–Trinajstić information content (AvgIpc) is 2.82. The number of hydrogen-bond acceptors (Lipinski definition) is 2. The number of pyridine rings is 1. The Morgan fingerprint density at radius 2 is 1.36 bits per heavy atom. The van der Waals surface area contributed by atoms with Crippen LogP contribution in [0.2, 0.25) is 0 Å². The molecule has 0 aliphatic heterocycles. The van der Waals surface area contributed by atoms with Crippen molar-refractivity contribution in [3.63, 3.8) is 0 Å². The van der Waals surface area contributed by atoms with Crippen LogP contribution in [-0.2, 0) is 20.1 Å². The molecule has 4 aromatic rings. The Morgan fingerprint density at radius 3 is 1.92 bits per heavy atom. The van der Waals surface area contributed by atoms with Crippen LogP contribution in [0.25, 0.3) is 32.8 Å². The number of rotatable bonds is 2. The molecule has 0 saturated carbocycles. The fourth-order valence-electron chi connectivity index (χ4n) is 4.41. The van der Waals surface area contributed by atoms with Crippen LogP contribution in [0, 0.1) is 54.5 Å². The molecule has 0 fully saturated rings. The smallest absolute Gasteiger partial charge is 0.319 e. The van der Waals surface area contributed by atoms with Crippen LogP contribution >= 0.6 is 0 Å². The summed E-state index contributed by atoms with van der Waals surface area (Å²) in [6.45, 7) is 20.1. The van der Waals surface area contributed by atoms with Crippen molar-refractivity contribution >= 4 is 27.3 Å². The van der Waals surface area contributed by atoms with Crippen LogP contribution < -0.4 is 0 Å². The van der Waals surface area contributed by atoms with Crippen molar-refractivity contribution in [2.24, 2.45) is 0 Å². The molecule has 0 unspecified atom stereocenters. The average molecular weight is 660 g/mol. The van der Waals surface area contributed by atoms with Crippen molar-refractivity contribution < 1.29 is 30.0 Å². The number of allylic oxidation sites excluding steroid dienone is 2. The predicted octanol–water partition coefficient (Wildman–Crippen LogP) is 8.41. The molecule has 1 heterocycles. The first-order valence-corrected chi connectivity index (χ1v) is 12.0. The van der Waals surface area contributed by atoms with Crippen molar-refractivity contribution in [1.82, 2.24) is 4.98 Å². The number of aryl methyl sites for hydroxylation is 3. The van der Waals surface area contributed by atoms with E-state index < -0.39 is 0 Å². The van der Waals surface area contributed by atoms with Gasteiger partial charge in [-0.1, -0.05) is 45.9 Å². The Kier molecular flexibility index (Phi) is 9.40. The topological polar surface area (TPSA) is 54.5 Å². The summed E-state index contributed by atoms with van der Waals surface area (Å²) in [5, 5.41) is 13.8. The Bertz CT molecular complexity index is 1510. The molecule has 0 bridgehead atoms. The molecule has 0 aliphatic rings. The summed E-state index contributed by atoms with van der Waals surface area (Å²) in [7, 11) is 0. The Hall–Kier alpha value is -2.81. The van der Waals surface area contributed by atoms with Crippen LogP contribution in [0.3, 0.4) is 0 Å². The van der Waals surface area contributed by atoms with Crippen molar-refractivity contribution in [2.75, 3.05) is 0 Å². The van der Waals surface area contributed by atoms with E-state index >= 15 is 0 Å².